The molecule has 8 heteroatoms. The predicted molar refractivity (Wildman–Crippen MR) is 154 cm³/mol. The molecule has 3 heterocycles. The average molecular weight is 558 g/mol. The molecule has 0 amide bonds. The number of benzene rings is 3. The lowest BCUT2D eigenvalue weighted by molar-refractivity contribution is -0.0592. The Labute approximate surface area is 239 Å². The van der Waals surface area contributed by atoms with Gasteiger partial charge in [0.05, 0.1) is 35.8 Å². The minimum Gasteiger partial charge on any atom is -0.489 e. The van der Waals surface area contributed by atoms with Crippen molar-refractivity contribution in [2.24, 2.45) is 0 Å². The Hall–Kier alpha value is -3.75. The molecular weight excluding hydrogens is 521 g/mol. The third kappa shape index (κ3) is 6.44. The largest absolute Gasteiger partial charge is 0.489 e. The summed E-state index contributed by atoms with van der Waals surface area (Å²) in [6, 6.07) is 18.3. The molecule has 7 nitrogen and oxygen atoms in total. The van der Waals surface area contributed by atoms with Gasteiger partial charge in [-0.2, -0.15) is 0 Å². The van der Waals surface area contributed by atoms with Crippen LogP contribution in [0.25, 0.3) is 11.0 Å². The zero-order valence-corrected chi connectivity index (χ0v) is 23.9. The smallest absolute Gasteiger partial charge is 0.338 e. The van der Waals surface area contributed by atoms with E-state index in [9.17, 15) is 9.18 Å². The van der Waals surface area contributed by atoms with E-state index in [-0.39, 0.29) is 17.9 Å². The quantitative estimate of drug-likeness (QED) is 0.246. The molecular formula is C33H36FN3O4. The van der Waals surface area contributed by atoms with Crippen LogP contribution in [-0.4, -0.2) is 45.3 Å². The summed E-state index contributed by atoms with van der Waals surface area (Å²) < 4.78 is 32.9. The van der Waals surface area contributed by atoms with Crippen LogP contribution in [0.1, 0.15) is 60.1 Å². The van der Waals surface area contributed by atoms with Gasteiger partial charge in [0.2, 0.25) is 0 Å². The highest BCUT2D eigenvalue weighted by Crippen LogP contribution is 2.28. The monoisotopic (exact) mass is 557 g/mol. The highest BCUT2D eigenvalue weighted by atomic mass is 19.1. The summed E-state index contributed by atoms with van der Waals surface area (Å²) in [6.45, 7) is 9.89. The lowest BCUT2D eigenvalue weighted by Gasteiger charge is -2.30. The van der Waals surface area contributed by atoms with Gasteiger partial charge in [-0.25, -0.2) is 14.2 Å². The molecule has 0 unspecified atom stereocenters. The van der Waals surface area contributed by atoms with E-state index in [0.29, 0.717) is 25.3 Å². The van der Waals surface area contributed by atoms with Crippen molar-refractivity contribution in [3.05, 3.63) is 94.6 Å². The van der Waals surface area contributed by atoms with Gasteiger partial charge in [-0.05, 0) is 92.8 Å². The number of carbonyl (C=O) groups is 1. The van der Waals surface area contributed by atoms with Crippen molar-refractivity contribution >= 4 is 17.0 Å². The molecule has 1 aromatic heterocycles. The van der Waals surface area contributed by atoms with E-state index in [0.717, 1.165) is 60.7 Å². The molecule has 2 aliphatic heterocycles. The highest BCUT2D eigenvalue weighted by Gasteiger charge is 2.25. The molecule has 214 valence electrons. The van der Waals surface area contributed by atoms with E-state index < -0.39 is 5.60 Å². The van der Waals surface area contributed by atoms with E-state index >= 15 is 0 Å². The fourth-order valence-electron chi connectivity index (χ4n) is 5.36. The molecule has 1 fully saturated rings. The molecule has 0 bridgehead atoms. The van der Waals surface area contributed by atoms with Crippen molar-refractivity contribution in [2.75, 3.05) is 13.2 Å². The Balaban J connectivity index is 1.20. The van der Waals surface area contributed by atoms with Crippen molar-refractivity contribution < 1.29 is 23.4 Å². The van der Waals surface area contributed by atoms with Crippen LogP contribution < -0.4 is 4.74 Å². The molecule has 2 aliphatic rings. The average Bonchev–Trinajstić information content (AvgIpc) is 3.25. The van der Waals surface area contributed by atoms with Gasteiger partial charge in [0.1, 0.15) is 29.6 Å². The predicted octanol–water partition coefficient (Wildman–Crippen LogP) is 6.06. The summed E-state index contributed by atoms with van der Waals surface area (Å²) in [5.41, 5.74) is 5.24. The Morgan fingerprint density at radius 3 is 2.61 bits per heavy atom. The number of nitrogens with zero attached hydrogens (tertiary/aromatic N) is 3. The number of hydrogen-bond acceptors (Lipinski definition) is 6. The number of carbonyl (C=O) groups excluding carboxylic acids is 1. The van der Waals surface area contributed by atoms with Crippen molar-refractivity contribution in [1.82, 2.24) is 14.5 Å². The Morgan fingerprint density at radius 1 is 1.07 bits per heavy atom. The van der Waals surface area contributed by atoms with Gasteiger partial charge in [0, 0.05) is 19.7 Å². The van der Waals surface area contributed by atoms with E-state index in [4.69, 9.17) is 19.2 Å². The first-order chi connectivity index (χ1) is 19.7. The molecule has 6 rings (SSSR count). The number of halogens is 1. The van der Waals surface area contributed by atoms with Gasteiger partial charge in [-0.15, -0.1) is 0 Å². The number of ether oxygens (including phenoxy) is 3. The van der Waals surface area contributed by atoms with Crippen LogP contribution in [0.5, 0.6) is 5.75 Å². The third-order valence-electron chi connectivity index (χ3n) is 7.59. The van der Waals surface area contributed by atoms with Crippen molar-refractivity contribution in [3.8, 4) is 5.75 Å². The maximum atomic E-state index is 13.2. The highest BCUT2D eigenvalue weighted by molar-refractivity contribution is 5.94. The van der Waals surface area contributed by atoms with Crippen LogP contribution in [0.4, 0.5) is 4.39 Å². The summed E-state index contributed by atoms with van der Waals surface area (Å²) in [5.74, 6) is 1.18. The molecule has 4 aromatic rings. The Kier molecular flexibility index (Phi) is 7.53. The molecule has 0 aliphatic carbocycles. The maximum absolute atomic E-state index is 13.2. The zero-order valence-electron chi connectivity index (χ0n) is 23.9. The minimum absolute atomic E-state index is 0.152. The van der Waals surface area contributed by atoms with Crippen LogP contribution in [0.2, 0.25) is 0 Å². The minimum atomic E-state index is -0.562. The standard InChI is InChI=1S/C33H36FN3O4/c1-33(2,3)41-32(38)24-7-11-29-30(17-24)37(19-28-13-15-39-28)31(35-29)20-36-14-12-23-6-10-27(16-25(23)18-36)40-21-22-4-8-26(34)9-5-22/h4-11,16-17,28H,12-15,18-21H2,1-3H3/t28-/m0/s1. The number of imidazole rings is 1. The number of esters is 1. The van der Waals surface area contributed by atoms with Crippen molar-refractivity contribution in [3.63, 3.8) is 0 Å². The second-order valence-electron chi connectivity index (χ2n) is 11.9. The second-order valence-corrected chi connectivity index (χ2v) is 11.9. The van der Waals surface area contributed by atoms with Gasteiger partial charge in [0.15, 0.2) is 0 Å². The fourth-order valence-corrected chi connectivity index (χ4v) is 5.36. The van der Waals surface area contributed by atoms with Gasteiger partial charge in [-0.3, -0.25) is 4.90 Å². The van der Waals surface area contributed by atoms with E-state index in [1.807, 2.05) is 39.0 Å². The summed E-state index contributed by atoms with van der Waals surface area (Å²) >= 11 is 0. The molecule has 0 N–H and O–H groups in total. The van der Waals surface area contributed by atoms with Crippen LogP contribution in [0.3, 0.4) is 0 Å². The van der Waals surface area contributed by atoms with E-state index in [1.165, 1.54) is 23.3 Å². The first-order valence-electron chi connectivity index (χ1n) is 14.3. The second kappa shape index (κ2) is 11.3. The number of rotatable bonds is 8. The molecule has 1 atom stereocenters. The topological polar surface area (TPSA) is 65.8 Å². The molecule has 0 radical (unpaired) electrons. The normalized spacial score (nSPS) is 17.2. The van der Waals surface area contributed by atoms with Crippen LogP contribution in [0.15, 0.2) is 60.7 Å². The summed E-state index contributed by atoms with van der Waals surface area (Å²) in [4.78, 5) is 20.2. The molecule has 1 saturated heterocycles. The summed E-state index contributed by atoms with van der Waals surface area (Å²) in [7, 11) is 0. The lowest BCUT2D eigenvalue weighted by atomic mass is 9.99. The SMILES string of the molecule is CC(C)(C)OC(=O)c1ccc2nc(CN3CCc4ccc(OCc5ccc(F)cc5)cc4C3)n(C[C@@H]3CCO3)c2c1. The summed E-state index contributed by atoms with van der Waals surface area (Å²) in [5, 5.41) is 0. The Morgan fingerprint density at radius 2 is 1.88 bits per heavy atom. The van der Waals surface area contributed by atoms with Gasteiger partial charge >= 0.3 is 5.97 Å². The molecule has 0 saturated carbocycles. The van der Waals surface area contributed by atoms with Crippen LogP contribution >= 0.6 is 0 Å². The van der Waals surface area contributed by atoms with Gasteiger partial charge in [-0.1, -0.05) is 18.2 Å². The number of fused-ring (bicyclic) bond motifs is 2. The van der Waals surface area contributed by atoms with E-state index in [2.05, 4.69) is 21.6 Å². The van der Waals surface area contributed by atoms with Gasteiger partial charge < -0.3 is 18.8 Å². The van der Waals surface area contributed by atoms with Crippen LogP contribution in [-0.2, 0) is 42.1 Å². The van der Waals surface area contributed by atoms with Crippen molar-refractivity contribution in [2.45, 2.75) is 71.6 Å². The zero-order chi connectivity index (χ0) is 28.6. The van der Waals surface area contributed by atoms with Crippen LogP contribution in [0, 0.1) is 5.82 Å². The third-order valence-corrected chi connectivity index (χ3v) is 7.59. The Bertz CT molecular complexity index is 1550. The summed E-state index contributed by atoms with van der Waals surface area (Å²) in [6.07, 6.45) is 2.12. The molecule has 3 aromatic carbocycles. The lowest BCUT2D eigenvalue weighted by Crippen LogP contribution is -2.34. The first kappa shape index (κ1) is 27.4. The molecule has 0 spiro atoms. The van der Waals surface area contributed by atoms with Gasteiger partial charge in [0.25, 0.3) is 0 Å². The van der Waals surface area contributed by atoms with Crippen molar-refractivity contribution in [1.29, 1.82) is 0 Å². The first-order valence-corrected chi connectivity index (χ1v) is 14.3. The molecule has 41 heavy (non-hydrogen) atoms. The number of aromatic nitrogens is 2. The fraction of sp³-hybridized carbons (Fsp3) is 0.394. The number of hydrogen-bond donors (Lipinski definition) is 0. The van der Waals surface area contributed by atoms with E-state index in [1.54, 1.807) is 18.2 Å². The maximum Gasteiger partial charge on any atom is 0.338 e.